The monoisotopic (exact) mass is 356 g/mol. The first-order valence-electron chi connectivity index (χ1n) is 8.15. The third-order valence-electron chi connectivity index (χ3n) is 4.08. The lowest BCUT2D eigenvalue weighted by Gasteiger charge is -2.13. The molecule has 0 aromatic heterocycles. The minimum absolute atomic E-state index is 0.00319. The molecule has 0 saturated heterocycles. The molecule has 25 heavy (non-hydrogen) atoms. The fraction of sp³-hybridized carbons (Fsp3) is 0.529. The molecule has 138 valence electrons. The number of nitrogens with one attached hydrogen (secondary N) is 2. The standard InChI is InChI=1S/C17H22F2N2O4/c1-24-13-7-6-11(8-14(13)25-17(18)19)9-20-15(22)10-21-16(23)12-4-2-3-5-12/h6-8,12,17H,2-5,9-10H2,1H3,(H,20,22)(H,21,23). The van der Waals surface area contributed by atoms with Gasteiger partial charge in [-0.15, -0.1) is 0 Å². The van der Waals surface area contributed by atoms with E-state index < -0.39 is 6.61 Å². The van der Waals surface area contributed by atoms with Crippen molar-refractivity contribution in [2.45, 2.75) is 38.8 Å². The van der Waals surface area contributed by atoms with E-state index >= 15 is 0 Å². The number of carbonyl (C=O) groups excluding carboxylic acids is 2. The van der Waals surface area contributed by atoms with Gasteiger partial charge in [-0.05, 0) is 30.5 Å². The summed E-state index contributed by atoms with van der Waals surface area (Å²) in [5.74, 6) is -0.357. The maximum atomic E-state index is 12.4. The van der Waals surface area contributed by atoms with E-state index in [1.54, 1.807) is 6.07 Å². The summed E-state index contributed by atoms with van der Waals surface area (Å²) < 4.78 is 34.1. The highest BCUT2D eigenvalue weighted by atomic mass is 19.3. The Hall–Kier alpha value is -2.38. The van der Waals surface area contributed by atoms with Gasteiger partial charge in [0, 0.05) is 12.5 Å². The molecule has 2 N–H and O–H groups in total. The van der Waals surface area contributed by atoms with Crippen LogP contribution in [0.15, 0.2) is 18.2 Å². The lowest BCUT2D eigenvalue weighted by molar-refractivity contribution is -0.128. The summed E-state index contributed by atoms with van der Waals surface area (Å²) in [4.78, 5) is 23.7. The number of ether oxygens (including phenoxy) is 2. The Bertz CT molecular complexity index is 604. The summed E-state index contributed by atoms with van der Waals surface area (Å²) in [5, 5.41) is 5.25. The van der Waals surface area contributed by atoms with E-state index in [0.29, 0.717) is 5.56 Å². The highest BCUT2D eigenvalue weighted by Gasteiger charge is 2.22. The predicted octanol–water partition coefficient (Wildman–Crippen LogP) is 2.22. The highest BCUT2D eigenvalue weighted by molar-refractivity contribution is 5.85. The van der Waals surface area contributed by atoms with Crippen LogP contribution in [0.5, 0.6) is 11.5 Å². The largest absolute Gasteiger partial charge is 0.493 e. The van der Waals surface area contributed by atoms with Crippen LogP contribution < -0.4 is 20.1 Å². The van der Waals surface area contributed by atoms with Crippen LogP contribution in [0.3, 0.4) is 0 Å². The molecule has 0 atom stereocenters. The number of rotatable bonds is 8. The van der Waals surface area contributed by atoms with Gasteiger partial charge in [-0.3, -0.25) is 9.59 Å². The Morgan fingerprint density at radius 2 is 1.92 bits per heavy atom. The molecule has 0 radical (unpaired) electrons. The number of amides is 2. The minimum atomic E-state index is -2.97. The first-order valence-corrected chi connectivity index (χ1v) is 8.15. The summed E-state index contributed by atoms with van der Waals surface area (Å²) in [7, 11) is 1.35. The molecule has 1 aliphatic carbocycles. The predicted molar refractivity (Wildman–Crippen MR) is 86.4 cm³/mol. The van der Waals surface area contributed by atoms with Gasteiger partial charge in [-0.25, -0.2) is 0 Å². The second kappa shape index (κ2) is 9.19. The molecule has 6 nitrogen and oxygen atoms in total. The van der Waals surface area contributed by atoms with Gasteiger partial charge < -0.3 is 20.1 Å². The average Bonchev–Trinajstić information content (AvgIpc) is 3.12. The number of hydrogen-bond acceptors (Lipinski definition) is 4. The number of halogens is 2. The molecule has 1 aliphatic rings. The zero-order valence-corrected chi connectivity index (χ0v) is 14.0. The van der Waals surface area contributed by atoms with E-state index in [-0.39, 0.29) is 42.3 Å². The molecule has 0 spiro atoms. The van der Waals surface area contributed by atoms with E-state index in [2.05, 4.69) is 15.4 Å². The van der Waals surface area contributed by atoms with E-state index in [1.807, 2.05) is 0 Å². The number of methoxy groups -OCH3 is 1. The SMILES string of the molecule is COc1ccc(CNC(=O)CNC(=O)C2CCCC2)cc1OC(F)F. The fourth-order valence-electron chi connectivity index (χ4n) is 2.78. The van der Waals surface area contributed by atoms with Crippen molar-refractivity contribution in [1.82, 2.24) is 10.6 Å². The topological polar surface area (TPSA) is 76.7 Å². The van der Waals surface area contributed by atoms with Gasteiger partial charge in [0.1, 0.15) is 0 Å². The number of carbonyl (C=O) groups is 2. The van der Waals surface area contributed by atoms with Gasteiger partial charge in [0.25, 0.3) is 0 Å². The van der Waals surface area contributed by atoms with Crippen LogP contribution in [0.1, 0.15) is 31.2 Å². The quantitative estimate of drug-likeness (QED) is 0.749. The Morgan fingerprint density at radius 1 is 1.20 bits per heavy atom. The smallest absolute Gasteiger partial charge is 0.387 e. The minimum Gasteiger partial charge on any atom is -0.493 e. The van der Waals surface area contributed by atoms with Crippen molar-refractivity contribution in [3.8, 4) is 11.5 Å². The average molecular weight is 356 g/mol. The summed E-state index contributed by atoms with van der Waals surface area (Å²) in [5.41, 5.74) is 0.576. The first kappa shape index (κ1) is 19.0. The molecule has 1 aromatic rings. The number of hydrogen-bond donors (Lipinski definition) is 2. The Kier molecular flexibility index (Phi) is 6.97. The first-order chi connectivity index (χ1) is 12.0. The molecular weight excluding hydrogens is 334 g/mol. The van der Waals surface area contributed by atoms with Crippen molar-refractivity contribution < 1.29 is 27.8 Å². The summed E-state index contributed by atoms with van der Waals surface area (Å²) in [6.07, 6.45) is 3.83. The normalized spacial score (nSPS) is 14.4. The molecule has 1 fully saturated rings. The van der Waals surface area contributed by atoms with Crippen LogP contribution in [0, 0.1) is 5.92 Å². The Morgan fingerprint density at radius 3 is 2.56 bits per heavy atom. The second-order valence-electron chi connectivity index (χ2n) is 5.84. The van der Waals surface area contributed by atoms with Crippen LogP contribution in [0.2, 0.25) is 0 Å². The van der Waals surface area contributed by atoms with Crippen molar-refractivity contribution in [1.29, 1.82) is 0 Å². The third-order valence-corrected chi connectivity index (χ3v) is 4.08. The van der Waals surface area contributed by atoms with Gasteiger partial charge in [0.15, 0.2) is 11.5 Å². The molecule has 0 heterocycles. The van der Waals surface area contributed by atoms with Gasteiger partial charge >= 0.3 is 6.61 Å². The molecule has 8 heteroatoms. The number of benzene rings is 1. The van der Waals surface area contributed by atoms with Crippen LogP contribution in [-0.4, -0.2) is 32.1 Å². The summed E-state index contributed by atoms with van der Waals surface area (Å²) in [6, 6.07) is 4.50. The number of alkyl halides is 2. The lowest BCUT2D eigenvalue weighted by Crippen LogP contribution is -2.38. The second-order valence-corrected chi connectivity index (χ2v) is 5.84. The van der Waals surface area contributed by atoms with E-state index in [0.717, 1.165) is 25.7 Å². The van der Waals surface area contributed by atoms with E-state index in [4.69, 9.17) is 4.74 Å². The Balaban J connectivity index is 1.81. The van der Waals surface area contributed by atoms with Crippen LogP contribution >= 0.6 is 0 Å². The summed E-state index contributed by atoms with van der Waals surface area (Å²) in [6.45, 7) is -2.95. The van der Waals surface area contributed by atoms with Crippen LogP contribution in [-0.2, 0) is 16.1 Å². The van der Waals surface area contributed by atoms with Crippen LogP contribution in [0.25, 0.3) is 0 Å². The molecule has 2 amide bonds. The molecule has 0 unspecified atom stereocenters. The van der Waals surface area contributed by atoms with Gasteiger partial charge in [-0.1, -0.05) is 18.9 Å². The van der Waals surface area contributed by atoms with Crippen molar-refractivity contribution in [2.24, 2.45) is 5.92 Å². The molecule has 0 bridgehead atoms. The lowest BCUT2D eigenvalue weighted by atomic mass is 10.1. The molecule has 1 saturated carbocycles. The van der Waals surface area contributed by atoms with Gasteiger partial charge in [0.05, 0.1) is 13.7 Å². The van der Waals surface area contributed by atoms with Crippen LogP contribution in [0.4, 0.5) is 8.78 Å². The molecule has 0 aliphatic heterocycles. The van der Waals surface area contributed by atoms with Gasteiger partial charge in [0.2, 0.25) is 11.8 Å². The maximum Gasteiger partial charge on any atom is 0.387 e. The highest BCUT2D eigenvalue weighted by Crippen LogP contribution is 2.29. The van der Waals surface area contributed by atoms with Gasteiger partial charge in [-0.2, -0.15) is 8.78 Å². The maximum absolute atomic E-state index is 12.4. The van der Waals surface area contributed by atoms with E-state index in [1.165, 1.54) is 19.2 Å². The zero-order chi connectivity index (χ0) is 18.2. The fourth-order valence-corrected chi connectivity index (χ4v) is 2.78. The molecule has 1 aromatic carbocycles. The molecular formula is C17H22F2N2O4. The van der Waals surface area contributed by atoms with E-state index in [9.17, 15) is 18.4 Å². The summed E-state index contributed by atoms with van der Waals surface area (Å²) >= 11 is 0. The zero-order valence-electron chi connectivity index (χ0n) is 14.0. The third kappa shape index (κ3) is 5.88. The molecule has 2 rings (SSSR count). The van der Waals surface area contributed by atoms with Crippen molar-refractivity contribution in [3.63, 3.8) is 0 Å². The Labute approximate surface area is 144 Å². The van der Waals surface area contributed by atoms with Crippen molar-refractivity contribution in [2.75, 3.05) is 13.7 Å². The van der Waals surface area contributed by atoms with Crippen molar-refractivity contribution >= 4 is 11.8 Å². The van der Waals surface area contributed by atoms with Crippen molar-refractivity contribution in [3.05, 3.63) is 23.8 Å².